The summed E-state index contributed by atoms with van der Waals surface area (Å²) in [5.74, 6) is 2.59. The van der Waals surface area contributed by atoms with Crippen molar-refractivity contribution in [1.82, 2.24) is 58.1 Å². The second-order valence-electron chi connectivity index (χ2n) is 22.3. The van der Waals surface area contributed by atoms with Crippen LogP contribution in [0.15, 0.2) is 39.9 Å². The van der Waals surface area contributed by atoms with Crippen LogP contribution in [-0.4, -0.2) is 229 Å². The van der Waals surface area contributed by atoms with Gasteiger partial charge in [0.05, 0.1) is 0 Å². The van der Waals surface area contributed by atoms with Crippen molar-refractivity contribution in [1.29, 1.82) is 0 Å². The van der Waals surface area contributed by atoms with Gasteiger partial charge < -0.3 is 179 Å². The van der Waals surface area contributed by atoms with E-state index in [4.69, 9.17) is 66.3 Å². The van der Waals surface area contributed by atoms with Gasteiger partial charge in [0.15, 0.2) is 47.7 Å². The van der Waals surface area contributed by atoms with Gasteiger partial charge in [0.25, 0.3) is 0 Å². The normalized spacial score (nSPS) is 13.2. The summed E-state index contributed by atoms with van der Waals surface area (Å²) in [6, 6.07) is 0. The van der Waals surface area contributed by atoms with Gasteiger partial charge in [0.2, 0.25) is 0 Å². The number of aliphatic imine (C=N–C) groups is 8. The Morgan fingerprint density at radius 1 is 0.411 bits per heavy atom. The van der Waals surface area contributed by atoms with Crippen molar-refractivity contribution in [2.45, 2.75) is 135 Å². The Bertz CT molecular complexity index is 2190. The number of nitrogens with two attached hydrogens (primary N) is 10. The number of Topliss-reactive ketones (excluding diaryl/α,β-unsaturated/α-hetero) is 5. The number of rotatable bonds is 32. The molecule has 662 valence electrons. The summed E-state index contributed by atoms with van der Waals surface area (Å²) in [5.41, 5.74) is 52.1. The third-order valence-electron chi connectivity index (χ3n) is 11.3. The zero-order valence-corrected chi connectivity index (χ0v) is 85.6. The first-order valence-electron chi connectivity index (χ1n) is 39.1. The summed E-state index contributed by atoms with van der Waals surface area (Å²) in [4.78, 5) is 84.7. The molecule has 0 aliphatic carbocycles. The number of ketones is 5. The zero-order valence-electron chi connectivity index (χ0n) is 77.9. The van der Waals surface area contributed by atoms with Crippen LogP contribution in [0.4, 0.5) is 0 Å². The maximum Gasteiger partial charge on any atom is 2.00 e. The molecule has 0 amide bonds. The Hall–Kier alpha value is -4.94. The van der Waals surface area contributed by atoms with E-state index >= 15 is 0 Å². The predicted octanol–water partition coefficient (Wildman–Crippen LogP) is 0.997. The number of aliphatic hydroxyl groups is 1. The van der Waals surface area contributed by atoms with E-state index in [1.807, 2.05) is 39.6 Å². The zero-order chi connectivity index (χ0) is 91.8. The molecule has 0 aromatic heterocycles. The van der Waals surface area contributed by atoms with E-state index in [2.05, 4.69) is 183 Å². The molecule has 31 N–H and O–H groups in total. The van der Waals surface area contributed by atoms with Crippen LogP contribution in [0.25, 0.3) is 0 Å². The van der Waals surface area contributed by atoms with Crippen LogP contribution >= 0.6 is 0 Å². The number of hydrogen-bond donors (Lipinski definition) is 21. The van der Waals surface area contributed by atoms with E-state index in [1.54, 1.807) is 56.4 Å². The first-order chi connectivity index (χ1) is 53.6. The molecule has 0 bridgehead atoms. The van der Waals surface area contributed by atoms with Crippen molar-refractivity contribution in [3.63, 3.8) is 0 Å². The van der Waals surface area contributed by atoms with E-state index in [-0.39, 0.29) is 223 Å². The van der Waals surface area contributed by atoms with Gasteiger partial charge in [-0.3, -0.25) is 75.2 Å². The summed E-state index contributed by atoms with van der Waals surface area (Å²) in [6.45, 7) is 37.8. The molecular weight excluding hydrogens is 2290 g/mol. The molecule has 40 heteroatoms. The van der Waals surface area contributed by atoms with Crippen LogP contribution in [0.5, 0.6) is 0 Å². The maximum absolute atomic E-state index is 10.6. The molecule has 0 fully saturated rings. The second kappa shape index (κ2) is 122. The van der Waals surface area contributed by atoms with E-state index in [1.165, 1.54) is 0 Å². The predicted molar refractivity (Wildman–Crippen MR) is 461 cm³/mol. The SMILES string of the molecule is CCC(CO)CNC(N)=NC.[2H]CC(C)CNC(N)=NC.[2H]CC(CC)CNC(N)=NC.[2H]CC(CN=C(N)N)CC([CH2-])=O.[2H]CC(CNC(N)=NC)CC([CH2-])=O.[2H]CC(CNC(N)=NC)CC([CH2-])=O.[2H]CC(CNC(N)=NC)CC([CH2-])=O.[2H]CC(CNC(N)=NC)CC([CH2-])=O.[CH2-]N.[CH2-]N(C)CC.[CH2-]NC.[CH2-]NCC.[CH2-]NCC.[W+2].[W+2].[W+2].[W+2].[W+2]. The molecule has 0 rings (SSSR count). The van der Waals surface area contributed by atoms with Crippen molar-refractivity contribution in [2.75, 3.05) is 142 Å². The molecule has 112 heavy (non-hydrogen) atoms. The van der Waals surface area contributed by atoms with Crippen molar-refractivity contribution in [2.24, 2.45) is 145 Å². The fourth-order valence-electron chi connectivity index (χ4n) is 5.01. The Balaban J connectivity index is -0.0000000591. The van der Waals surface area contributed by atoms with Crippen LogP contribution in [0.3, 0.4) is 0 Å². The number of hydrogen-bond acceptors (Lipinski definition) is 19. The van der Waals surface area contributed by atoms with Crippen LogP contribution in [0.1, 0.15) is 144 Å². The summed E-state index contributed by atoms with van der Waals surface area (Å²) < 4.78 is 49.8. The summed E-state index contributed by atoms with van der Waals surface area (Å²) in [7, 11) is 31.2. The average molecular weight is 2460 g/mol. The fraction of sp³-hybridized carbons (Fsp3) is 0.681. The smallest absolute Gasteiger partial charge is 0.486 e. The second-order valence-corrected chi connectivity index (χ2v) is 22.3. The minimum Gasteiger partial charge on any atom is -0.486 e. The molecular formula is C72H163N29O6W5. The largest absolute Gasteiger partial charge is 2.00 e. The molecule has 35 nitrogen and oxygen atoms in total. The van der Waals surface area contributed by atoms with Gasteiger partial charge >= 0.3 is 105 Å². The monoisotopic (exact) mass is 2460 g/mol. The molecule has 0 saturated heterocycles. The maximum atomic E-state index is 10.6. The molecule has 0 saturated carbocycles. The number of aliphatic hydroxyl groups excluding tert-OH is 1. The van der Waals surface area contributed by atoms with Gasteiger partial charge in [0, 0.05) is 118 Å². The van der Waals surface area contributed by atoms with Crippen molar-refractivity contribution < 1.29 is 144 Å². The summed E-state index contributed by atoms with van der Waals surface area (Å²) in [5, 5.41) is 36.7. The Morgan fingerprint density at radius 3 is 0.768 bits per heavy atom. The topological polar surface area (TPSA) is 588 Å². The molecule has 0 aromatic rings. The summed E-state index contributed by atoms with van der Waals surface area (Å²) in [6.07, 6.45) is 3.47. The fourth-order valence-corrected chi connectivity index (χ4v) is 5.01. The number of nitrogens with one attached hydrogen (secondary N) is 10. The van der Waals surface area contributed by atoms with E-state index in [0.29, 0.717) is 132 Å². The number of guanidine groups is 8. The number of carbonyl (C=O) groups excluding carboxylic acids is 5. The first kappa shape index (κ1) is 131. The van der Waals surface area contributed by atoms with Crippen LogP contribution in [0, 0.1) is 117 Å². The Labute approximate surface area is 764 Å². The van der Waals surface area contributed by atoms with Gasteiger partial charge in [-0.1, -0.05) is 96.3 Å². The van der Waals surface area contributed by atoms with Crippen LogP contribution in [0.2, 0.25) is 0 Å². The van der Waals surface area contributed by atoms with Gasteiger partial charge in [-0.25, -0.2) is 0 Å². The number of carbonyl (C=O) groups is 5. The van der Waals surface area contributed by atoms with Crippen molar-refractivity contribution >= 4 is 76.6 Å². The van der Waals surface area contributed by atoms with Gasteiger partial charge in [-0.05, 0) is 149 Å². The minimum absolute atomic E-state index is 0. The first-order valence-corrected chi connectivity index (χ1v) is 34.2. The van der Waals surface area contributed by atoms with Gasteiger partial charge in [0.1, 0.15) is 0 Å². The van der Waals surface area contributed by atoms with Gasteiger partial charge in [-0.2, -0.15) is 0 Å². The minimum atomic E-state index is -0.182. The van der Waals surface area contributed by atoms with Crippen LogP contribution < -0.4 is 111 Å². The standard InChI is InChI=1S/4C8H16N3O.C7H14N3O.C7H17N3O.C7H17N3.C6H15N3.C4H10N.2C3H8N.C2H6N.CH4N.5W/c4*1-6(4-7(2)12)5-11-8(9)10-3;1-5(3-6(2)11)4-10-7(8)9;1-3-6(5-11)4-10-7(8)9-2;1-4-6(2)5-10-7(8)9-3;1-5(2)4-9-6(7)8-3;1-4-5(2)3;2*1-3-4-2;1-3-2;1-2;;;;;/h4*6H,2,4-5H2,1,3H3,(H3,9,10,11);5H,2-4H2,1H3,(H4,8,9,10);6,11H,3-5H2,1-2H3,(H3,8,9,10);6H,4-5H2,1-3H3,(H3,8,9,10);5H,4H2,1-3H3,(H3,7,8,9);2,4H2,1,3H3;2*4H,2-3H2,1H3;3H,1H2,2H3;1-2H2;;;;;/q5*-1;;;;5*-1;5*+2/i5*1D;;2D;1D;;;;;;;;;;. The molecule has 0 radical (unpaired) electrons. The molecule has 0 spiro atoms. The number of nitrogens with zero attached hydrogens (tertiary/aromatic N) is 9. The third kappa shape index (κ3) is 182. The van der Waals surface area contributed by atoms with Crippen molar-refractivity contribution in [3.8, 4) is 0 Å². The van der Waals surface area contributed by atoms with E-state index < -0.39 is 0 Å². The average Bonchev–Trinajstić information content (AvgIpc) is 0.884. The molecule has 8 unspecified atom stereocenters. The quantitative estimate of drug-likeness (QED) is 0.0254. The molecule has 8 atom stereocenters. The van der Waals surface area contributed by atoms with Gasteiger partial charge in [-0.15, -0.1) is 0 Å². The molecule has 0 aliphatic heterocycles. The molecule has 0 aliphatic rings. The molecule has 0 aromatic carbocycles. The van der Waals surface area contributed by atoms with E-state index in [0.717, 1.165) is 45.6 Å². The Kier molecular flexibility index (Phi) is 142. The molecule has 0 heterocycles. The summed E-state index contributed by atoms with van der Waals surface area (Å²) >= 11 is 0. The van der Waals surface area contributed by atoms with Crippen LogP contribution in [-0.2, 0) is 129 Å². The Morgan fingerprint density at radius 2 is 0.616 bits per heavy atom. The van der Waals surface area contributed by atoms with Crippen molar-refractivity contribution in [3.05, 3.63) is 69.9 Å². The van der Waals surface area contributed by atoms with E-state index in [9.17, 15) is 24.0 Å². The third-order valence-corrected chi connectivity index (χ3v) is 11.3.